The quantitative estimate of drug-likeness (QED) is 0.851. The van der Waals surface area contributed by atoms with E-state index in [1.807, 2.05) is 45.9 Å². The molecular formula is C17H26BNO4. The van der Waals surface area contributed by atoms with Crippen LogP contribution in [0.4, 0.5) is 10.5 Å². The molecule has 0 radical (unpaired) electrons. The summed E-state index contributed by atoms with van der Waals surface area (Å²) in [5.74, 6) is 0. The lowest BCUT2D eigenvalue weighted by molar-refractivity contribution is 0.0342. The Balaban J connectivity index is 2.02. The lowest BCUT2D eigenvalue weighted by Crippen LogP contribution is -2.48. The molecule has 1 N–H and O–H groups in total. The van der Waals surface area contributed by atoms with Gasteiger partial charge in [0, 0.05) is 24.3 Å². The Kier molecular flexibility index (Phi) is 5.06. The molecule has 2 rings (SSSR count). The second-order valence-electron chi connectivity index (χ2n) is 7.82. The molecule has 1 heterocycles. The summed E-state index contributed by atoms with van der Waals surface area (Å²) in [4.78, 5) is 11.8. The van der Waals surface area contributed by atoms with Gasteiger partial charge in [-0.15, -0.1) is 0 Å². The minimum Gasteiger partial charge on any atom is -0.444 e. The smallest absolute Gasteiger partial charge is 0.444 e. The van der Waals surface area contributed by atoms with Crippen LogP contribution in [0.5, 0.6) is 0 Å². The van der Waals surface area contributed by atoms with Gasteiger partial charge >= 0.3 is 13.2 Å². The van der Waals surface area contributed by atoms with Gasteiger partial charge in [-0.3, -0.25) is 5.32 Å². The van der Waals surface area contributed by atoms with Gasteiger partial charge in [-0.2, -0.15) is 0 Å². The van der Waals surface area contributed by atoms with Crippen LogP contribution in [0.1, 0.15) is 40.2 Å². The predicted molar refractivity (Wildman–Crippen MR) is 92.1 cm³/mol. The second kappa shape index (κ2) is 6.53. The van der Waals surface area contributed by atoms with Gasteiger partial charge in [0.2, 0.25) is 0 Å². The van der Waals surface area contributed by atoms with Gasteiger partial charge in [0.1, 0.15) is 5.60 Å². The van der Waals surface area contributed by atoms with Crippen LogP contribution >= 0.6 is 0 Å². The Labute approximate surface area is 138 Å². The molecule has 0 bridgehead atoms. The minimum atomic E-state index is -0.518. The van der Waals surface area contributed by atoms with E-state index in [4.69, 9.17) is 14.0 Å². The Bertz CT molecular complexity index is 570. The van der Waals surface area contributed by atoms with Gasteiger partial charge in [-0.05, 0) is 50.9 Å². The standard InChI is InChI=1S/C17H26BNO4/c1-12-9-13(19-15(20)23-16(2,3)4)7-8-14(12)18-21-10-17(5,6)11-22-18/h7-9H,10-11H2,1-6H3,(H,19,20). The third-order valence-electron chi connectivity index (χ3n) is 3.42. The largest absolute Gasteiger partial charge is 0.494 e. The summed E-state index contributed by atoms with van der Waals surface area (Å²) in [6, 6.07) is 5.65. The van der Waals surface area contributed by atoms with E-state index in [9.17, 15) is 4.79 Å². The van der Waals surface area contributed by atoms with E-state index in [-0.39, 0.29) is 12.5 Å². The molecule has 1 aromatic rings. The van der Waals surface area contributed by atoms with Crippen molar-refractivity contribution in [2.45, 2.75) is 47.1 Å². The minimum absolute atomic E-state index is 0.0443. The van der Waals surface area contributed by atoms with E-state index >= 15 is 0 Å². The third kappa shape index (κ3) is 5.25. The van der Waals surface area contributed by atoms with Crippen molar-refractivity contribution in [2.75, 3.05) is 18.5 Å². The van der Waals surface area contributed by atoms with Gasteiger partial charge in [0.05, 0.1) is 0 Å². The molecule has 0 atom stereocenters. The highest BCUT2D eigenvalue weighted by molar-refractivity contribution is 6.62. The van der Waals surface area contributed by atoms with E-state index in [1.165, 1.54) is 0 Å². The molecule has 23 heavy (non-hydrogen) atoms. The number of ether oxygens (including phenoxy) is 1. The number of carbonyl (C=O) groups excluding carboxylic acids is 1. The van der Waals surface area contributed by atoms with Crippen LogP contribution in [0, 0.1) is 12.3 Å². The van der Waals surface area contributed by atoms with Crippen molar-refractivity contribution in [3.63, 3.8) is 0 Å². The van der Waals surface area contributed by atoms with Gasteiger partial charge in [-0.25, -0.2) is 4.79 Å². The number of carbonyl (C=O) groups is 1. The summed E-state index contributed by atoms with van der Waals surface area (Å²) in [5, 5.41) is 2.74. The van der Waals surface area contributed by atoms with E-state index in [1.54, 1.807) is 0 Å². The molecule has 6 heteroatoms. The molecule has 1 saturated heterocycles. The Morgan fingerprint density at radius 3 is 2.39 bits per heavy atom. The highest BCUT2D eigenvalue weighted by atomic mass is 16.6. The number of nitrogens with one attached hydrogen (secondary N) is 1. The van der Waals surface area contributed by atoms with Crippen LogP contribution in [0.2, 0.25) is 0 Å². The van der Waals surface area contributed by atoms with Crippen LogP contribution in [-0.4, -0.2) is 32.0 Å². The number of amides is 1. The van der Waals surface area contributed by atoms with Gasteiger partial charge in [0.25, 0.3) is 0 Å². The Morgan fingerprint density at radius 2 is 1.87 bits per heavy atom. The molecule has 1 fully saturated rings. The summed E-state index contributed by atoms with van der Waals surface area (Å²) < 4.78 is 16.9. The molecule has 126 valence electrons. The average molecular weight is 319 g/mol. The second-order valence-corrected chi connectivity index (χ2v) is 7.82. The number of benzene rings is 1. The van der Waals surface area contributed by atoms with Crippen molar-refractivity contribution in [3.8, 4) is 0 Å². The first kappa shape index (κ1) is 17.8. The molecule has 1 aliphatic rings. The average Bonchev–Trinajstić information content (AvgIpc) is 2.37. The van der Waals surface area contributed by atoms with Gasteiger partial charge in [0.15, 0.2) is 0 Å². The molecule has 0 aliphatic carbocycles. The van der Waals surface area contributed by atoms with Crippen LogP contribution in [0.15, 0.2) is 18.2 Å². The summed E-state index contributed by atoms with van der Waals surface area (Å²) >= 11 is 0. The molecule has 0 unspecified atom stereocenters. The first-order valence-corrected chi connectivity index (χ1v) is 7.89. The fraction of sp³-hybridized carbons (Fsp3) is 0.588. The maximum Gasteiger partial charge on any atom is 0.494 e. The topological polar surface area (TPSA) is 56.8 Å². The molecule has 1 aromatic carbocycles. The molecule has 0 spiro atoms. The van der Waals surface area contributed by atoms with Gasteiger partial charge < -0.3 is 14.0 Å². The van der Waals surface area contributed by atoms with E-state index in [2.05, 4.69) is 19.2 Å². The van der Waals surface area contributed by atoms with Crippen LogP contribution in [-0.2, 0) is 14.0 Å². The zero-order valence-corrected chi connectivity index (χ0v) is 14.9. The normalized spacial score (nSPS) is 17.7. The summed E-state index contributed by atoms with van der Waals surface area (Å²) in [7, 11) is -0.349. The molecule has 1 amide bonds. The number of hydrogen-bond donors (Lipinski definition) is 1. The Hall–Kier alpha value is -1.53. The Morgan fingerprint density at radius 1 is 1.26 bits per heavy atom. The van der Waals surface area contributed by atoms with Crippen molar-refractivity contribution >= 4 is 24.4 Å². The van der Waals surface area contributed by atoms with Crippen LogP contribution in [0.25, 0.3) is 0 Å². The molecule has 5 nitrogen and oxygen atoms in total. The molecule has 0 aromatic heterocycles. The maximum atomic E-state index is 11.8. The summed E-state index contributed by atoms with van der Waals surface area (Å²) in [5.41, 5.74) is 2.20. The molecule has 1 aliphatic heterocycles. The number of hydrogen-bond acceptors (Lipinski definition) is 4. The van der Waals surface area contributed by atoms with Crippen LogP contribution < -0.4 is 10.8 Å². The van der Waals surface area contributed by atoms with E-state index < -0.39 is 11.7 Å². The molecule has 0 saturated carbocycles. The zero-order valence-electron chi connectivity index (χ0n) is 14.9. The zero-order chi connectivity index (χ0) is 17.3. The summed E-state index contributed by atoms with van der Waals surface area (Å²) in [6.45, 7) is 13.0. The van der Waals surface area contributed by atoms with Crippen LogP contribution in [0.3, 0.4) is 0 Å². The van der Waals surface area contributed by atoms with Crippen molar-refractivity contribution < 1.29 is 18.8 Å². The summed E-state index contributed by atoms with van der Waals surface area (Å²) in [6.07, 6.45) is -0.462. The monoisotopic (exact) mass is 319 g/mol. The predicted octanol–water partition coefficient (Wildman–Crippen LogP) is 3.11. The third-order valence-corrected chi connectivity index (χ3v) is 3.42. The number of aryl methyl sites for hydroxylation is 1. The van der Waals surface area contributed by atoms with Gasteiger partial charge in [-0.1, -0.05) is 19.9 Å². The van der Waals surface area contributed by atoms with E-state index in [0.717, 1.165) is 11.0 Å². The highest BCUT2D eigenvalue weighted by Gasteiger charge is 2.34. The fourth-order valence-corrected chi connectivity index (χ4v) is 2.31. The highest BCUT2D eigenvalue weighted by Crippen LogP contribution is 2.22. The van der Waals surface area contributed by atoms with Crippen molar-refractivity contribution in [2.24, 2.45) is 5.41 Å². The fourth-order valence-electron chi connectivity index (χ4n) is 2.31. The van der Waals surface area contributed by atoms with Crippen molar-refractivity contribution in [1.82, 2.24) is 0 Å². The lowest BCUT2D eigenvalue weighted by Gasteiger charge is -2.33. The molecular weight excluding hydrogens is 293 g/mol. The lowest BCUT2D eigenvalue weighted by atomic mass is 9.73. The number of anilines is 1. The van der Waals surface area contributed by atoms with E-state index in [0.29, 0.717) is 18.9 Å². The first-order valence-electron chi connectivity index (χ1n) is 7.89. The maximum absolute atomic E-state index is 11.8. The first-order chi connectivity index (χ1) is 10.6. The van der Waals surface area contributed by atoms with Crippen molar-refractivity contribution in [3.05, 3.63) is 23.8 Å². The SMILES string of the molecule is Cc1cc(NC(=O)OC(C)(C)C)ccc1B1OCC(C)(C)CO1. The number of rotatable bonds is 2. The van der Waals surface area contributed by atoms with Crippen molar-refractivity contribution in [1.29, 1.82) is 0 Å².